The predicted molar refractivity (Wildman–Crippen MR) is 95.5 cm³/mol. The molecule has 1 fully saturated rings. The van der Waals surface area contributed by atoms with Gasteiger partial charge in [-0.25, -0.2) is 0 Å². The Labute approximate surface area is 139 Å². The SMILES string of the molecule is CCCCc1ccc(-c2ccc([C@H]3CC[C@H](O)CC3)cc2)nc1. The Balaban J connectivity index is 1.67. The molecule has 1 heterocycles. The predicted octanol–water partition coefficient (Wildman–Crippen LogP) is 5.11. The summed E-state index contributed by atoms with van der Waals surface area (Å²) in [6.07, 6.45) is 9.59. The van der Waals surface area contributed by atoms with Crippen LogP contribution in [0.15, 0.2) is 42.6 Å². The van der Waals surface area contributed by atoms with E-state index in [1.165, 1.54) is 29.5 Å². The highest BCUT2D eigenvalue weighted by Gasteiger charge is 2.20. The molecule has 1 N–H and O–H groups in total. The molecular weight excluding hydrogens is 282 g/mol. The number of aromatic nitrogens is 1. The molecule has 0 saturated heterocycles. The Hall–Kier alpha value is -1.67. The van der Waals surface area contributed by atoms with Crippen molar-refractivity contribution >= 4 is 0 Å². The second kappa shape index (κ2) is 7.74. The molecule has 0 radical (unpaired) electrons. The maximum atomic E-state index is 9.63. The molecule has 2 nitrogen and oxygen atoms in total. The summed E-state index contributed by atoms with van der Waals surface area (Å²) in [6.45, 7) is 2.22. The first-order valence-corrected chi connectivity index (χ1v) is 8.99. The van der Waals surface area contributed by atoms with Crippen molar-refractivity contribution in [1.29, 1.82) is 0 Å². The summed E-state index contributed by atoms with van der Waals surface area (Å²) >= 11 is 0. The molecule has 1 aromatic heterocycles. The van der Waals surface area contributed by atoms with Crippen molar-refractivity contribution in [1.82, 2.24) is 4.98 Å². The van der Waals surface area contributed by atoms with Crippen molar-refractivity contribution in [3.05, 3.63) is 53.7 Å². The van der Waals surface area contributed by atoms with E-state index < -0.39 is 0 Å². The van der Waals surface area contributed by atoms with Gasteiger partial charge < -0.3 is 5.11 Å². The zero-order chi connectivity index (χ0) is 16.1. The highest BCUT2D eigenvalue weighted by atomic mass is 16.3. The van der Waals surface area contributed by atoms with Crippen LogP contribution < -0.4 is 0 Å². The average Bonchev–Trinajstić information content (AvgIpc) is 2.61. The summed E-state index contributed by atoms with van der Waals surface area (Å²) in [4.78, 5) is 4.62. The molecule has 1 aliphatic rings. The van der Waals surface area contributed by atoms with E-state index in [9.17, 15) is 5.11 Å². The van der Waals surface area contributed by atoms with Crippen LogP contribution >= 0.6 is 0 Å². The Morgan fingerprint density at radius 1 is 1.00 bits per heavy atom. The molecule has 1 aliphatic carbocycles. The maximum Gasteiger partial charge on any atom is 0.0702 e. The molecule has 2 heteroatoms. The van der Waals surface area contributed by atoms with Gasteiger partial charge in [0.15, 0.2) is 0 Å². The Morgan fingerprint density at radius 3 is 2.35 bits per heavy atom. The first-order valence-electron chi connectivity index (χ1n) is 8.99. The molecule has 0 atom stereocenters. The molecule has 0 unspecified atom stereocenters. The quantitative estimate of drug-likeness (QED) is 0.832. The van der Waals surface area contributed by atoms with Crippen LogP contribution in [0.4, 0.5) is 0 Å². The highest BCUT2D eigenvalue weighted by molar-refractivity contribution is 5.59. The monoisotopic (exact) mass is 309 g/mol. The lowest BCUT2D eigenvalue weighted by Gasteiger charge is -2.25. The topological polar surface area (TPSA) is 33.1 Å². The summed E-state index contributed by atoms with van der Waals surface area (Å²) < 4.78 is 0. The van der Waals surface area contributed by atoms with Crippen LogP contribution in [-0.4, -0.2) is 16.2 Å². The Morgan fingerprint density at radius 2 is 1.74 bits per heavy atom. The van der Waals surface area contributed by atoms with E-state index in [4.69, 9.17) is 0 Å². The number of rotatable bonds is 5. The largest absolute Gasteiger partial charge is 0.393 e. The third kappa shape index (κ3) is 4.20. The van der Waals surface area contributed by atoms with Gasteiger partial charge in [0.1, 0.15) is 0 Å². The van der Waals surface area contributed by atoms with Gasteiger partial charge in [-0.3, -0.25) is 4.98 Å². The van der Waals surface area contributed by atoms with Crippen LogP contribution in [0.1, 0.15) is 62.5 Å². The standard InChI is InChI=1S/C21H27NO/c1-2-3-4-16-5-14-21(22-15-16)19-8-6-17(7-9-19)18-10-12-20(23)13-11-18/h5-9,14-15,18,20,23H,2-4,10-13H2,1H3/t18-,20-. The summed E-state index contributed by atoms with van der Waals surface area (Å²) in [6, 6.07) is 13.2. The molecular formula is C21H27NO. The number of unbranched alkanes of at least 4 members (excludes halogenated alkanes) is 1. The van der Waals surface area contributed by atoms with Gasteiger partial charge in [0.05, 0.1) is 11.8 Å². The highest BCUT2D eigenvalue weighted by Crippen LogP contribution is 2.33. The molecule has 0 amide bonds. The molecule has 0 bridgehead atoms. The lowest BCUT2D eigenvalue weighted by atomic mass is 9.82. The van der Waals surface area contributed by atoms with Crippen LogP contribution in [0.3, 0.4) is 0 Å². The number of nitrogens with zero attached hydrogens (tertiary/aromatic N) is 1. The minimum Gasteiger partial charge on any atom is -0.393 e. The van der Waals surface area contributed by atoms with Crippen molar-refractivity contribution < 1.29 is 5.11 Å². The summed E-state index contributed by atoms with van der Waals surface area (Å²) in [5.41, 5.74) is 4.97. The van der Waals surface area contributed by atoms with Crippen LogP contribution in [0, 0.1) is 0 Å². The van der Waals surface area contributed by atoms with Crippen LogP contribution in [0.25, 0.3) is 11.3 Å². The minimum atomic E-state index is -0.0825. The van der Waals surface area contributed by atoms with E-state index in [1.807, 2.05) is 6.20 Å². The number of aliphatic hydroxyl groups is 1. The van der Waals surface area contributed by atoms with Crippen LogP contribution in [-0.2, 0) is 6.42 Å². The molecule has 1 saturated carbocycles. The summed E-state index contributed by atoms with van der Waals surface area (Å²) in [7, 11) is 0. The fourth-order valence-electron chi connectivity index (χ4n) is 3.46. The number of aryl methyl sites for hydroxylation is 1. The van der Waals surface area contributed by atoms with Gasteiger partial charge in [0.2, 0.25) is 0 Å². The van der Waals surface area contributed by atoms with E-state index in [0.29, 0.717) is 5.92 Å². The maximum absolute atomic E-state index is 9.63. The van der Waals surface area contributed by atoms with Gasteiger partial charge in [-0.05, 0) is 61.6 Å². The second-order valence-corrected chi connectivity index (χ2v) is 6.78. The molecule has 122 valence electrons. The molecule has 3 rings (SSSR count). The van der Waals surface area contributed by atoms with Crippen molar-refractivity contribution in [3.63, 3.8) is 0 Å². The number of aliphatic hydroxyl groups excluding tert-OH is 1. The van der Waals surface area contributed by atoms with Crippen molar-refractivity contribution in [2.45, 2.75) is 63.9 Å². The Bertz CT molecular complexity index is 595. The van der Waals surface area contributed by atoms with E-state index in [2.05, 4.69) is 48.3 Å². The van der Waals surface area contributed by atoms with E-state index >= 15 is 0 Å². The third-order valence-corrected chi connectivity index (χ3v) is 5.02. The van der Waals surface area contributed by atoms with Gasteiger partial charge in [0.25, 0.3) is 0 Å². The van der Waals surface area contributed by atoms with Crippen molar-refractivity contribution in [2.24, 2.45) is 0 Å². The molecule has 0 spiro atoms. The minimum absolute atomic E-state index is 0.0825. The van der Waals surface area contributed by atoms with E-state index in [0.717, 1.165) is 37.8 Å². The van der Waals surface area contributed by atoms with Crippen molar-refractivity contribution in [2.75, 3.05) is 0 Å². The number of benzene rings is 1. The number of pyridine rings is 1. The summed E-state index contributed by atoms with van der Waals surface area (Å²) in [5, 5.41) is 9.63. The number of hydrogen-bond donors (Lipinski definition) is 1. The molecule has 2 aromatic rings. The molecule has 1 aromatic carbocycles. The lowest BCUT2D eigenvalue weighted by Crippen LogP contribution is -2.16. The first kappa shape index (κ1) is 16.2. The fraction of sp³-hybridized carbons (Fsp3) is 0.476. The number of hydrogen-bond acceptors (Lipinski definition) is 2. The van der Waals surface area contributed by atoms with Gasteiger partial charge in [-0.2, -0.15) is 0 Å². The average molecular weight is 309 g/mol. The first-order chi connectivity index (χ1) is 11.3. The normalized spacial score (nSPS) is 21.3. The zero-order valence-corrected chi connectivity index (χ0v) is 14.0. The second-order valence-electron chi connectivity index (χ2n) is 6.78. The molecule has 23 heavy (non-hydrogen) atoms. The van der Waals surface area contributed by atoms with Gasteiger partial charge in [-0.1, -0.05) is 43.7 Å². The van der Waals surface area contributed by atoms with Gasteiger partial charge >= 0.3 is 0 Å². The van der Waals surface area contributed by atoms with Gasteiger partial charge in [0, 0.05) is 11.8 Å². The third-order valence-electron chi connectivity index (χ3n) is 5.02. The van der Waals surface area contributed by atoms with Crippen LogP contribution in [0.5, 0.6) is 0 Å². The zero-order valence-electron chi connectivity index (χ0n) is 14.0. The Kier molecular flexibility index (Phi) is 5.45. The van der Waals surface area contributed by atoms with E-state index in [-0.39, 0.29) is 6.10 Å². The van der Waals surface area contributed by atoms with Crippen LogP contribution in [0.2, 0.25) is 0 Å². The van der Waals surface area contributed by atoms with E-state index in [1.54, 1.807) is 0 Å². The fourth-order valence-corrected chi connectivity index (χ4v) is 3.46. The molecule has 0 aliphatic heterocycles. The smallest absolute Gasteiger partial charge is 0.0702 e. The summed E-state index contributed by atoms with van der Waals surface area (Å²) in [5.74, 6) is 0.608. The lowest BCUT2D eigenvalue weighted by molar-refractivity contribution is 0.122. The van der Waals surface area contributed by atoms with Gasteiger partial charge in [-0.15, -0.1) is 0 Å². The van der Waals surface area contributed by atoms with Crippen molar-refractivity contribution in [3.8, 4) is 11.3 Å².